The third-order valence-corrected chi connectivity index (χ3v) is 5.67. The lowest BCUT2D eigenvalue weighted by Gasteiger charge is -2.23. The molecule has 146 valence electrons. The molecule has 2 fully saturated rings. The number of guanidine groups is 1. The number of hydrogen-bond acceptors (Lipinski definition) is 4. The normalized spacial score (nSPS) is 21.7. The predicted molar refractivity (Wildman–Crippen MR) is 105 cm³/mol. The first-order valence-electron chi connectivity index (χ1n) is 10.3. The van der Waals surface area contributed by atoms with Gasteiger partial charge in [0.25, 0.3) is 0 Å². The minimum atomic E-state index is 0.582. The monoisotopic (exact) mass is 361 g/mol. The average Bonchev–Trinajstić information content (AvgIpc) is 3.37. The Hall–Kier alpha value is -1.63. The fourth-order valence-electron chi connectivity index (χ4n) is 3.88. The highest BCUT2D eigenvalue weighted by Crippen LogP contribution is 2.20. The predicted octanol–water partition coefficient (Wildman–Crippen LogP) is 1.79. The third-order valence-electron chi connectivity index (χ3n) is 5.67. The molecule has 2 saturated heterocycles. The minimum Gasteiger partial charge on any atom is -0.356 e. The zero-order chi connectivity index (χ0) is 18.4. The molecular weight excluding hydrogens is 326 g/mol. The molecule has 1 N–H and O–H groups in total. The SMILES string of the molecule is CCCCNC(=NCc1nnc(C)n1C)N1CCC(CN2CCCC2)C1. The van der Waals surface area contributed by atoms with Crippen molar-refractivity contribution in [1.82, 2.24) is 29.9 Å². The number of aromatic nitrogens is 3. The van der Waals surface area contributed by atoms with Crippen molar-refractivity contribution in [1.29, 1.82) is 0 Å². The van der Waals surface area contributed by atoms with Crippen molar-refractivity contribution >= 4 is 5.96 Å². The largest absolute Gasteiger partial charge is 0.356 e. The van der Waals surface area contributed by atoms with Crippen LogP contribution < -0.4 is 5.32 Å². The molecule has 3 heterocycles. The standard InChI is InChI=1S/C19H35N7/c1-4-5-9-20-19(21-13-18-23-22-16(2)24(18)3)26-12-8-17(15-26)14-25-10-6-7-11-25/h17H,4-15H2,1-3H3,(H,20,21). The molecule has 7 nitrogen and oxygen atoms in total. The molecule has 2 aliphatic heterocycles. The minimum absolute atomic E-state index is 0.582. The maximum Gasteiger partial charge on any atom is 0.194 e. The van der Waals surface area contributed by atoms with Crippen LogP contribution in [-0.4, -0.2) is 69.8 Å². The van der Waals surface area contributed by atoms with Gasteiger partial charge in [-0.15, -0.1) is 10.2 Å². The Labute approximate surface area is 157 Å². The second kappa shape index (κ2) is 9.35. The van der Waals surface area contributed by atoms with Crippen molar-refractivity contribution < 1.29 is 0 Å². The van der Waals surface area contributed by atoms with Crippen LogP contribution in [0.4, 0.5) is 0 Å². The van der Waals surface area contributed by atoms with E-state index >= 15 is 0 Å². The van der Waals surface area contributed by atoms with Crippen molar-refractivity contribution in [3.05, 3.63) is 11.6 Å². The van der Waals surface area contributed by atoms with E-state index < -0.39 is 0 Å². The summed E-state index contributed by atoms with van der Waals surface area (Å²) in [4.78, 5) is 9.96. The van der Waals surface area contributed by atoms with Crippen LogP contribution in [0.1, 0.15) is 50.7 Å². The van der Waals surface area contributed by atoms with E-state index in [0.717, 1.165) is 43.2 Å². The maximum atomic E-state index is 4.88. The van der Waals surface area contributed by atoms with Gasteiger partial charge in [0.1, 0.15) is 12.4 Å². The highest BCUT2D eigenvalue weighted by Gasteiger charge is 2.27. The molecule has 0 bridgehead atoms. The van der Waals surface area contributed by atoms with Crippen LogP contribution in [0.3, 0.4) is 0 Å². The summed E-state index contributed by atoms with van der Waals surface area (Å²) >= 11 is 0. The molecule has 26 heavy (non-hydrogen) atoms. The summed E-state index contributed by atoms with van der Waals surface area (Å²) in [6.07, 6.45) is 6.39. The lowest BCUT2D eigenvalue weighted by Crippen LogP contribution is -2.41. The summed E-state index contributed by atoms with van der Waals surface area (Å²) in [7, 11) is 2.01. The number of nitrogens with one attached hydrogen (secondary N) is 1. The molecule has 0 spiro atoms. The van der Waals surface area contributed by atoms with E-state index in [1.807, 2.05) is 18.5 Å². The first-order valence-corrected chi connectivity index (χ1v) is 10.3. The number of aryl methyl sites for hydroxylation is 1. The highest BCUT2D eigenvalue weighted by atomic mass is 15.3. The summed E-state index contributed by atoms with van der Waals surface area (Å²) < 4.78 is 2.02. The van der Waals surface area contributed by atoms with Gasteiger partial charge in [-0.2, -0.15) is 0 Å². The zero-order valence-electron chi connectivity index (χ0n) is 16.7. The van der Waals surface area contributed by atoms with Crippen molar-refractivity contribution in [2.45, 2.75) is 52.5 Å². The maximum absolute atomic E-state index is 4.88. The topological polar surface area (TPSA) is 61.6 Å². The summed E-state index contributed by atoms with van der Waals surface area (Å²) in [6.45, 7) is 11.8. The molecule has 3 rings (SSSR count). The van der Waals surface area contributed by atoms with Gasteiger partial charge in [0.05, 0.1) is 0 Å². The summed E-state index contributed by atoms with van der Waals surface area (Å²) in [6, 6.07) is 0. The molecule has 7 heteroatoms. The van der Waals surface area contributed by atoms with Gasteiger partial charge in [-0.3, -0.25) is 0 Å². The highest BCUT2D eigenvalue weighted by molar-refractivity contribution is 5.80. The van der Waals surface area contributed by atoms with E-state index in [4.69, 9.17) is 4.99 Å². The lowest BCUT2D eigenvalue weighted by atomic mass is 10.1. The van der Waals surface area contributed by atoms with Crippen LogP contribution in [0.2, 0.25) is 0 Å². The van der Waals surface area contributed by atoms with Gasteiger partial charge in [-0.1, -0.05) is 13.3 Å². The summed E-state index contributed by atoms with van der Waals surface area (Å²) in [5.41, 5.74) is 0. The fourth-order valence-corrected chi connectivity index (χ4v) is 3.88. The Morgan fingerprint density at radius 3 is 2.73 bits per heavy atom. The number of aliphatic imine (C=N–C) groups is 1. The van der Waals surface area contributed by atoms with Crippen molar-refractivity contribution in [2.75, 3.05) is 39.3 Å². The Morgan fingerprint density at radius 2 is 2.04 bits per heavy atom. The molecule has 0 aromatic carbocycles. The second-order valence-corrected chi connectivity index (χ2v) is 7.75. The molecule has 0 saturated carbocycles. The molecule has 1 atom stereocenters. The Morgan fingerprint density at radius 1 is 1.23 bits per heavy atom. The zero-order valence-corrected chi connectivity index (χ0v) is 16.7. The molecule has 2 aliphatic rings. The number of unbranched alkanes of at least 4 members (excludes halogenated alkanes) is 1. The first-order chi connectivity index (χ1) is 12.7. The van der Waals surface area contributed by atoms with E-state index in [-0.39, 0.29) is 0 Å². The van der Waals surface area contributed by atoms with Gasteiger partial charge in [0, 0.05) is 33.2 Å². The molecule has 0 radical (unpaired) electrons. The quantitative estimate of drug-likeness (QED) is 0.456. The number of nitrogens with zero attached hydrogens (tertiary/aromatic N) is 6. The Kier molecular flexibility index (Phi) is 6.88. The van der Waals surface area contributed by atoms with E-state index in [1.165, 1.54) is 51.7 Å². The van der Waals surface area contributed by atoms with Crippen LogP contribution in [0.5, 0.6) is 0 Å². The van der Waals surface area contributed by atoms with E-state index in [2.05, 4.69) is 32.2 Å². The summed E-state index contributed by atoms with van der Waals surface area (Å²) in [5.74, 6) is 3.67. The first kappa shape index (κ1) is 19.1. The second-order valence-electron chi connectivity index (χ2n) is 7.75. The lowest BCUT2D eigenvalue weighted by molar-refractivity contribution is 0.281. The average molecular weight is 362 g/mol. The smallest absolute Gasteiger partial charge is 0.194 e. The molecule has 1 aromatic heterocycles. The van der Waals surface area contributed by atoms with E-state index in [9.17, 15) is 0 Å². The fraction of sp³-hybridized carbons (Fsp3) is 0.842. The molecule has 1 aromatic rings. The van der Waals surface area contributed by atoms with Gasteiger partial charge >= 0.3 is 0 Å². The number of hydrogen-bond donors (Lipinski definition) is 1. The Bertz CT molecular complexity index is 589. The van der Waals surface area contributed by atoms with Crippen LogP contribution in [0, 0.1) is 12.8 Å². The van der Waals surface area contributed by atoms with E-state index in [0.29, 0.717) is 6.54 Å². The van der Waals surface area contributed by atoms with Gasteiger partial charge < -0.3 is 19.7 Å². The van der Waals surface area contributed by atoms with Crippen molar-refractivity contribution in [3.8, 4) is 0 Å². The van der Waals surface area contributed by atoms with Gasteiger partial charge in [0.2, 0.25) is 0 Å². The van der Waals surface area contributed by atoms with Gasteiger partial charge in [-0.05, 0) is 51.6 Å². The van der Waals surface area contributed by atoms with Crippen molar-refractivity contribution in [3.63, 3.8) is 0 Å². The van der Waals surface area contributed by atoms with Gasteiger partial charge in [-0.25, -0.2) is 4.99 Å². The van der Waals surface area contributed by atoms with E-state index in [1.54, 1.807) is 0 Å². The third kappa shape index (κ3) is 4.96. The number of rotatable bonds is 7. The molecular formula is C19H35N7. The Balaban J connectivity index is 1.59. The van der Waals surface area contributed by atoms with Crippen LogP contribution in [0.15, 0.2) is 4.99 Å². The molecule has 1 unspecified atom stereocenters. The van der Waals surface area contributed by atoms with Crippen LogP contribution in [0.25, 0.3) is 0 Å². The van der Waals surface area contributed by atoms with Crippen LogP contribution >= 0.6 is 0 Å². The van der Waals surface area contributed by atoms with Gasteiger partial charge in [0.15, 0.2) is 11.8 Å². The van der Waals surface area contributed by atoms with Crippen molar-refractivity contribution in [2.24, 2.45) is 18.0 Å². The molecule has 0 aliphatic carbocycles. The molecule has 0 amide bonds. The number of likely N-dealkylation sites (tertiary alicyclic amines) is 2. The summed E-state index contributed by atoms with van der Waals surface area (Å²) in [5, 5.41) is 12.0. The van der Waals surface area contributed by atoms with Crippen LogP contribution in [-0.2, 0) is 13.6 Å².